The van der Waals surface area contributed by atoms with E-state index in [-0.39, 0.29) is 5.41 Å². The van der Waals surface area contributed by atoms with Gasteiger partial charge in [-0.3, -0.25) is 0 Å². The molecule has 0 atom stereocenters. The Bertz CT molecular complexity index is 1220. The summed E-state index contributed by atoms with van der Waals surface area (Å²) in [6.45, 7) is 4.50. The molecule has 1 aliphatic rings. The minimum absolute atomic E-state index is 0.0859. The van der Waals surface area contributed by atoms with Gasteiger partial charge in [-0.05, 0) is 22.6 Å². The van der Waals surface area contributed by atoms with Crippen molar-refractivity contribution < 1.29 is 0 Å². The number of allylic oxidation sites excluding steroid dienone is 2. The molecule has 1 aromatic heterocycles. The second kappa shape index (κ2) is 4.86. The van der Waals surface area contributed by atoms with Crippen LogP contribution in [-0.4, -0.2) is 4.57 Å². The molecule has 3 aromatic carbocycles. The molecule has 5 rings (SSSR count). The number of nitrogens with zero attached hydrogens (tertiary/aromatic N) is 1. The lowest BCUT2D eigenvalue weighted by Gasteiger charge is -2.12. The average molecular weight is 323 g/mol. The van der Waals surface area contributed by atoms with Crippen LogP contribution in [0.1, 0.15) is 25.0 Å². The van der Waals surface area contributed by atoms with E-state index in [1.54, 1.807) is 0 Å². The van der Waals surface area contributed by atoms with Crippen LogP contribution in [-0.2, 0) is 7.05 Å². The number of rotatable bonds is 0. The van der Waals surface area contributed by atoms with Crippen LogP contribution in [0.4, 0.5) is 0 Å². The molecule has 0 N–H and O–H groups in total. The highest BCUT2D eigenvalue weighted by Crippen LogP contribution is 2.39. The second-order valence-electron chi connectivity index (χ2n) is 7.69. The first-order valence-electron chi connectivity index (χ1n) is 8.86. The maximum absolute atomic E-state index is 2.35. The van der Waals surface area contributed by atoms with Crippen LogP contribution in [0.3, 0.4) is 0 Å². The summed E-state index contributed by atoms with van der Waals surface area (Å²) in [5, 5.41) is 5.31. The fraction of sp³-hybridized carbons (Fsp3) is 0.167. The maximum Gasteiger partial charge on any atom is 0.0568 e. The number of hydrogen-bond donors (Lipinski definition) is 0. The topological polar surface area (TPSA) is 4.93 Å². The van der Waals surface area contributed by atoms with E-state index in [1.165, 1.54) is 43.7 Å². The maximum atomic E-state index is 2.35. The van der Waals surface area contributed by atoms with Gasteiger partial charge in [0.25, 0.3) is 0 Å². The molecule has 0 amide bonds. The van der Waals surface area contributed by atoms with Gasteiger partial charge in [0, 0.05) is 34.1 Å². The molecule has 1 heteroatoms. The van der Waals surface area contributed by atoms with Gasteiger partial charge in [-0.15, -0.1) is 0 Å². The molecule has 0 radical (unpaired) electrons. The predicted molar refractivity (Wildman–Crippen MR) is 110 cm³/mol. The molecule has 1 heterocycles. The molecule has 122 valence electrons. The lowest BCUT2D eigenvalue weighted by atomic mass is 9.93. The zero-order valence-corrected chi connectivity index (χ0v) is 14.9. The molecular formula is C24H21N. The van der Waals surface area contributed by atoms with Gasteiger partial charge in [0.2, 0.25) is 0 Å². The number of aryl methyl sites for hydroxylation is 1. The van der Waals surface area contributed by atoms with Crippen molar-refractivity contribution in [1.82, 2.24) is 4.57 Å². The lowest BCUT2D eigenvalue weighted by molar-refractivity contribution is 0.633. The van der Waals surface area contributed by atoms with Gasteiger partial charge < -0.3 is 4.57 Å². The Morgan fingerprint density at radius 3 is 2.48 bits per heavy atom. The van der Waals surface area contributed by atoms with Crippen molar-refractivity contribution in [2.75, 3.05) is 0 Å². The Labute approximate surface area is 147 Å². The third-order valence-corrected chi connectivity index (χ3v) is 5.50. The summed E-state index contributed by atoms with van der Waals surface area (Å²) < 4.78 is 2.35. The average Bonchev–Trinajstić information content (AvgIpc) is 2.81. The fourth-order valence-corrected chi connectivity index (χ4v) is 4.11. The highest BCUT2D eigenvalue weighted by molar-refractivity contribution is 6.20. The molecule has 25 heavy (non-hydrogen) atoms. The molecule has 0 aliphatic heterocycles. The van der Waals surface area contributed by atoms with Gasteiger partial charge in [0.15, 0.2) is 0 Å². The molecule has 0 fully saturated rings. The third-order valence-electron chi connectivity index (χ3n) is 5.50. The summed E-state index contributed by atoms with van der Waals surface area (Å²) in [5.74, 6) is 0. The van der Waals surface area contributed by atoms with E-state index in [4.69, 9.17) is 0 Å². The minimum Gasteiger partial charge on any atom is -0.343 e. The van der Waals surface area contributed by atoms with Crippen LogP contribution in [0.25, 0.3) is 44.7 Å². The third kappa shape index (κ3) is 2.02. The lowest BCUT2D eigenvalue weighted by Crippen LogP contribution is -1.99. The molecule has 1 aliphatic carbocycles. The second-order valence-corrected chi connectivity index (χ2v) is 7.69. The van der Waals surface area contributed by atoms with Crippen molar-refractivity contribution in [3.8, 4) is 0 Å². The predicted octanol–water partition coefficient (Wildman–Crippen LogP) is 6.55. The fourth-order valence-electron chi connectivity index (χ4n) is 4.11. The van der Waals surface area contributed by atoms with E-state index in [0.29, 0.717) is 0 Å². The molecule has 4 aromatic rings. The quantitative estimate of drug-likeness (QED) is 0.346. The van der Waals surface area contributed by atoms with Gasteiger partial charge >= 0.3 is 0 Å². The smallest absolute Gasteiger partial charge is 0.0568 e. The van der Waals surface area contributed by atoms with Crippen molar-refractivity contribution in [3.63, 3.8) is 0 Å². The van der Waals surface area contributed by atoms with Gasteiger partial charge in [-0.25, -0.2) is 0 Å². The SMILES string of the molecule is Cn1c2ccc3c(c2c2ccc4ccccc4c21)C=CC(C)(C)C=C3. The standard InChI is InChI=1S/C24H21N/c1-24(2)14-12-17-9-11-21-22(18(17)13-15-24)20-10-8-16-6-4-5-7-19(16)23(20)25(21)3/h4-15H,1-3H3. The Hall–Kier alpha value is -2.80. The van der Waals surface area contributed by atoms with Crippen LogP contribution < -0.4 is 0 Å². The first kappa shape index (κ1) is 14.5. The zero-order valence-electron chi connectivity index (χ0n) is 14.9. The van der Waals surface area contributed by atoms with E-state index in [9.17, 15) is 0 Å². The number of aromatic nitrogens is 1. The molecule has 1 nitrogen and oxygen atoms in total. The Morgan fingerprint density at radius 1 is 0.800 bits per heavy atom. The van der Waals surface area contributed by atoms with Gasteiger partial charge in [-0.2, -0.15) is 0 Å². The number of hydrogen-bond acceptors (Lipinski definition) is 0. The van der Waals surface area contributed by atoms with Gasteiger partial charge in [0.1, 0.15) is 0 Å². The van der Waals surface area contributed by atoms with E-state index in [0.717, 1.165) is 0 Å². The monoisotopic (exact) mass is 323 g/mol. The molecule has 0 saturated heterocycles. The largest absolute Gasteiger partial charge is 0.343 e. The van der Waals surface area contributed by atoms with Crippen molar-refractivity contribution in [1.29, 1.82) is 0 Å². The Morgan fingerprint density at radius 2 is 1.60 bits per heavy atom. The summed E-state index contributed by atoms with van der Waals surface area (Å²) in [7, 11) is 2.18. The van der Waals surface area contributed by atoms with Crippen molar-refractivity contribution in [2.24, 2.45) is 12.5 Å². The van der Waals surface area contributed by atoms with Crippen LogP contribution in [0.2, 0.25) is 0 Å². The van der Waals surface area contributed by atoms with Crippen LogP contribution in [0.5, 0.6) is 0 Å². The van der Waals surface area contributed by atoms with Crippen molar-refractivity contribution in [2.45, 2.75) is 13.8 Å². The normalized spacial score (nSPS) is 15.8. The summed E-state index contributed by atoms with van der Waals surface area (Å²) in [6, 6.07) is 17.7. The number of fused-ring (bicyclic) bond motifs is 7. The molecular weight excluding hydrogens is 302 g/mol. The van der Waals surface area contributed by atoms with Crippen LogP contribution in [0, 0.1) is 5.41 Å². The summed E-state index contributed by atoms with van der Waals surface area (Å²) in [6.07, 6.45) is 9.19. The number of benzene rings is 3. The minimum atomic E-state index is 0.0859. The van der Waals surface area contributed by atoms with Gasteiger partial charge in [0.05, 0.1) is 5.52 Å². The van der Waals surface area contributed by atoms with Crippen LogP contribution in [0.15, 0.2) is 60.7 Å². The Balaban J connectivity index is 2.00. The van der Waals surface area contributed by atoms with Crippen LogP contribution >= 0.6 is 0 Å². The molecule has 0 unspecified atom stereocenters. The van der Waals surface area contributed by atoms with Gasteiger partial charge in [-0.1, -0.05) is 80.6 Å². The first-order chi connectivity index (χ1) is 12.1. The van der Waals surface area contributed by atoms with E-state index in [1.807, 2.05) is 0 Å². The highest BCUT2D eigenvalue weighted by Gasteiger charge is 2.18. The zero-order chi connectivity index (χ0) is 17.2. The summed E-state index contributed by atoms with van der Waals surface area (Å²) in [4.78, 5) is 0. The molecule has 0 bridgehead atoms. The van der Waals surface area contributed by atoms with Crippen molar-refractivity contribution in [3.05, 3.63) is 71.8 Å². The van der Waals surface area contributed by atoms with E-state index in [2.05, 4.69) is 98.3 Å². The Kier molecular flexibility index (Phi) is 2.82. The van der Waals surface area contributed by atoms with Crippen molar-refractivity contribution >= 4 is 44.7 Å². The first-order valence-corrected chi connectivity index (χ1v) is 8.86. The molecule has 0 spiro atoms. The summed E-state index contributed by atoms with van der Waals surface area (Å²) >= 11 is 0. The molecule has 0 saturated carbocycles. The van der Waals surface area contributed by atoms with E-state index < -0.39 is 0 Å². The van der Waals surface area contributed by atoms with E-state index >= 15 is 0 Å². The summed E-state index contributed by atoms with van der Waals surface area (Å²) in [5.41, 5.74) is 5.34. The highest BCUT2D eigenvalue weighted by atomic mass is 14.9.